The van der Waals surface area contributed by atoms with E-state index in [1.54, 1.807) is 12.4 Å². The Morgan fingerprint density at radius 3 is 1.86 bits per heavy atom. The maximum absolute atomic E-state index is 5.59. The minimum Gasteiger partial charge on any atom is -0.387 e. The van der Waals surface area contributed by atoms with E-state index in [4.69, 9.17) is 5.73 Å². The van der Waals surface area contributed by atoms with E-state index >= 15 is 0 Å². The Morgan fingerprint density at radius 2 is 1.57 bits per heavy atom. The van der Waals surface area contributed by atoms with Gasteiger partial charge in [0.15, 0.2) is 0 Å². The highest BCUT2D eigenvalue weighted by Crippen LogP contribution is 2.20. The van der Waals surface area contributed by atoms with Crippen LogP contribution in [0.25, 0.3) is 0 Å². The first-order chi connectivity index (χ1) is 5.83. The van der Waals surface area contributed by atoms with Crippen molar-refractivity contribution < 1.29 is 0 Å². The lowest BCUT2D eigenvalue weighted by Gasteiger charge is -2.11. The van der Waals surface area contributed by atoms with Crippen molar-refractivity contribution in [3.63, 3.8) is 0 Å². The molecule has 1 aromatic rings. The van der Waals surface area contributed by atoms with Gasteiger partial charge in [0.25, 0.3) is 0 Å². The molecule has 0 saturated heterocycles. The van der Waals surface area contributed by atoms with Gasteiger partial charge in [0.2, 0.25) is 0 Å². The van der Waals surface area contributed by atoms with Gasteiger partial charge < -0.3 is 16.4 Å². The van der Waals surface area contributed by atoms with Gasteiger partial charge in [-0.1, -0.05) is 0 Å². The van der Waals surface area contributed by atoms with Gasteiger partial charge in [0.05, 0.1) is 23.8 Å². The lowest BCUT2D eigenvalue weighted by molar-refractivity contribution is 1.06. The first-order valence-electron chi connectivity index (χ1n) is 3.86. The van der Waals surface area contributed by atoms with Crippen molar-refractivity contribution in [2.45, 2.75) is 6.54 Å². The quantitative estimate of drug-likeness (QED) is 0.747. The predicted molar refractivity (Wildman–Crippen MR) is 65.7 cm³/mol. The van der Waals surface area contributed by atoms with Crippen LogP contribution < -0.4 is 16.4 Å². The Bertz CT molecular complexity index is 245. The average molecular weight is 239 g/mol. The van der Waals surface area contributed by atoms with E-state index in [9.17, 15) is 0 Å². The van der Waals surface area contributed by atoms with E-state index in [2.05, 4.69) is 15.6 Å². The molecule has 0 spiro atoms. The molecule has 0 radical (unpaired) electrons. The molecular formula is C8H16Cl2N4. The molecule has 0 unspecified atom stereocenters. The van der Waals surface area contributed by atoms with E-state index in [1.165, 1.54) is 0 Å². The van der Waals surface area contributed by atoms with Crippen LogP contribution in [0, 0.1) is 0 Å². The summed E-state index contributed by atoms with van der Waals surface area (Å²) in [5, 5.41) is 6.08. The zero-order valence-electron chi connectivity index (χ0n) is 8.20. The molecule has 0 bridgehead atoms. The highest BCUT2D eigenvalue weighted by Gasteiger charge is 2.03. The van der Waals surface area contributed by atoms with Crippen molar-refractivity contribution in [2.24, 2.45) is 5.73 Å². The molecule has 0 fully saturated rings. The van der Waals surface area contributed by atoms with Crippen molar-refractivity contribution in [3.8, 4) is 0 Å². The van der Waals surface area contributed by atoms with Crippen LogP contribution in [-0.4, -0.2) is 19.1 Å². The number of nitrogens with two attached hydrogens (primary N) is 1. The van der Waals surface area contributed by atoms with Crippen LogP contribution in [0.1, 0.15) is 5.56 Å². The smallest absolute Gasteiger partial charge is 0.0590 e. The van der Waals surface area contributed by atoms with Gasteiger partial charge in [0.1, 0.15) is 0 Å². The van der Waals surface area contributed by atoms with Gasteiger partial charge in [-0.05, 0) is 0 Å². The van der Waals surface area contributed by atoms with Crippen molar-refractivity contribution in [1.82, 2.24) is 4.98 Å². The molecule has 6 heteroatoms. The van der Waals surface area contributed by atoms with Crippen LogP contribution in [-0.2, 0) is 6.54 Å². The van der Waals surface area contributed by atoms with Gasteiger partial charge >= 0.3 is 0 Å². The average Bonchev–Trinajstić information content (AvgIpc) is 2.16. The molecule has 0 atom stereocenters. The highest BCUT2D eigenvalue weighted by atomic mass is 35.5. The summed E-state index contributed by atoms with van der Waals surface area (Å²) in [6.07, 6.45) is 3.53. The molecule has 1 heterocycles. The molecule has 82 valence electrons. The predicted octanol–water partition coefficient (Wildman–Crippen LogP) is 1.47. The second-order valence-corrected chi connectivity index (χ2v) is 2.42. The van der Waals surface area contributed by atoms with E-state index in [0.29, 0.717) is 6.54 Å². The van der Waals surface area contributed by atoms with Gasteiger partial charge in [0, 0.05) is 26.2 Å². The van der Waals surface area contributed by atoms with E-state index in [0.717, 1.165) is 16.9 Å². The van der Waals surface area contributed by atoms with Gasteiger partial charge in [-0.25, -0.2) is 0 Å². The molecule has 0 aliphatic carbocycles. The topological polar surface area (TPSA) is 63.0 Å². The number of nitrogens with one attached hydrogen (secondary N) is 2. The van der Waals surface area contributed by atoms with Gasteiger partial charge in [-0.2, -0.15) is 0 Å². The minimum atomic E-state index is 0. The van der Waals surface area contributed by atoms with Crippen LogP contribution in [0.2, 0.25) is 0 Å². The van der Waals surface area contributed by atoms with E-state index in [-0.39, 0.29) is 24.8 Å². The van der Waals surface area contributed by atoms with Crippen molar-refractivity contribution in [2.75, 3.05) is 24.7 Å². The highest BCUT2D eigenvalue weighted by molar-refractivity contribution is 5.85. The zero-order valence-corrected chi connectivity index (χ0v) is 9.84. The fourth-order valence-electron chi connectivity index (χ4n) is 1.14. The molecule has 4 nitrogen and oxygen atoms in total. The van der Waals surface area contributed by atoms with E-state index in [1.807, 2.05) is 14.1 Å². The van der Waals surface area contributed by atoms with Crippen LogP contribution in [0.15, 0.2) is 12.4 Å². The minimum absolute atomic E-state index is 0. The summed E-state index contributed by atoms with van der Waals surface area (Å²) < 4.78 is 0. The number of rotatable bonds is 3. The lowest BCUT2D eigenvalue weighted by Crippen LogP contribution is -2.06. The summed E-state index contributed by atoms with van der Waals surface area (Å²) in [5.41, 5.74) is 8.61. The standard InChI is InChI=1S/C8H14N4.2ClH/c1-10-7-4-12-5-8(11-2)6(7)3-9;;/h4-5,10-11H,3,9H2,1-2H3;2*1H. The summed E-state index contributed by atoms with van der Waals surface area (Å²) in [6, 6.07) is 0. The fraction of sp³-hybridized carbons (Fsp3) is 0.375. The summed E-state index contributed by atoms with van der Waals surface area (Å²) in [6.45, 7) is 0.509. The number of pyridine rings is 1. The number of halogens is 2. The third-order valence-corrected chi connectivity index (χ3v) is 1.80. The van der Waals surface area contributed by atoms with E-state index < -0.39 is 0 Å². The molecule has 0 aliphatic rings. The van der Waals surface area contributed by atoms with Crippen LogP contribution in [0.4, 0.5) is 11.4 Å². The van der Waals surface area contributed by atoms with Crippen LogP contribution in [0.5, 0.6) is 0 Å². The molecule has 4 N–H and O–H groups in total. The van der Waals surface area contributed by atoms with Crippen molar-refractivity contribution in [3.05, 3.63) is 18.0 Å². The number of anilines is 2. The fourth-order valence-corrected chi connectivity index (χ4v) is 1.14. The molecular weight excluding hydrogens is 223 g/mol. The summed E-state index contributed by atoms with van der Waals surface area (Å²) in [7, 11) is 3.71. The summed E-state index contributed by atoms with van der Waals surface area (Å²) in [4.78, 5) is 4.05. The van der Waals surface area contributed by atoms with Crippen LogP contribution in [0.3, 0.4) is 0 Å². The molecule has 1 rings (SSSR count). The SMILES string of the molecule is CNc1cncc(NC)c1CN.Cl.Cl. The summed E-state index contributed by atoms with van der Waals surface area (Å²) in [5.74, 6) is 0. The Balaban J connectivity index is 0. The van der Waals surface area contributed by atoms with Gasteiger partial charge in [-0.3, -0.25) is 4.98 Å². The molecule has 1 aromatic heterocycles. The second kappa shape index (κ2) is 7.67. The Morgan fingerprint density at radius 1 is 1.14 bits per heavy atom. The van der Waals surface area contributed by atoms with Gasteiger partial charge in [-0.15, -0.1) is 24.8 Å². The maximum Gasteiger partial charge on any atom is 0.0590 e. The number of aromatic nitrogens is 1. The molecule has 0 aromatic carbocycles. The first kappa shape index (κ1) is 15.7. The summed E-state index contributed by atoms with van der Waals surface area (Å²) >= 11 is 0. The van der Waals surface area contributed by atoms with Crippen LogP contribution >= 0.6 is 24.8 Å². The Labute approximate surface area is 96.5 Å². The molecule has 0 amide bonds. The molecule has 0 saturated carbocycles. The Hall–Kier alpha value is -0.710. The third kappa shape index (κ3) is 3.21. The molecule has 0 aliphatic heterocycles. The Kier molecular flexibility index (Phi) is 8.63. The zero-order chi connectivity index (χ0) is 8.97. The third-order valence-electron chi connectivity index (χ3n) is 1.80. The largest absolute Gasteiger partial charge is 0.387 e. The second-order valence-electron chi connectivity index (χ2n) is 2.42. The van der Waals surface area contributed by atoms with Crippen molar-refractivity contribution in [1.29, 1.82) is 0 Å². The first-order valence-corrected chi connectivity index (χ1v) is 3.86. The number of hydrogen-bond donors (Lipinski definition) is 3. The normalized spacial score (nSPS) is 8.21. The maximum atomic E-state index is 5.59. The molecule has 14 heavy (non-hydrogen) atoms. The van der Waals surface area contributed by atoms with Crippen molar-refractivity contribution >= 4 is 36.2 Å². The lowest BCUT2D eigenvalue weighted by atomic mass is 10.2. The monoisotopic (exact) mass is 238 g/mol. The number of hydrogen-bond acceptors (Lipinski definition) is 4. The number of nitrogens with zero attached hydrogens (tertiary/aromatic N) is 1.